The average Bonchev–Trinajstić information content (AvgIpc) is 2.37. The first-order valence-corrected chi connectivity index (χ1v) is 7.46. The first-order chi connectivity index (χ1) is 8.72. The summed E-state index contributed by atoms with van der Waals surface area (Å²) in [5.41, 5.74) is -0.869. The van der Waals surface area contributed by atoms with Crippen molar-refractivity contribution in [2.24, 2.45) is 5.41 Å². The molecule has 1 amide bonds. The first kappa shape index (κ1) is 16.4. The van der Waals surface area contributed by atoms with Crippen LogP contribution in [0.2, 0.25) is 0 Å². The Labute approximate surface area is 117 Å². The number of aliphatic hydroxyl groups is 1. The van der Waals surface area contributed by atoms with E-state index < -0.39 is 5.60 Å². The normalized spacial score (nSPS) is 18.7. The summed E-state index contributed by atoms with van der Waals surface area (Å²) in [5, 5.41) is 10.4. The third-order valence-corrected chi connectivity index (χ3v) is 4.14. The largest absolute Gasteiger partial charge is 0.389 e. The summed E-state index contributed by atoms with van der Waals surface area (Å²) in [6.07, 6.45) is 1.56. The number of β-amino-alcohol motifs (C(OH)–C–C–N with tert-alkyl or cyclic N) is 1. The molecule has 0 atom stereocenters. The molecule has 1 N–H and O–H groups in total. The van der Waals surface area contributed by atoms with Crippen LogP contribution in [0.3, 0.4) is 0 Å². The van der Waals surface area contributed by atoms with Crippen LogP contribution in [-0.4, -0.2) is 59.1 Å². The van der Waals surface area contributed by atoms with E-state index in [9.17, 15) is 9.90 Å². The van der Waals surface area contributed by atoms with E-state index in [0.29, 0.717) is 0 Å². The molecule has 0 aromatic carbocycles. The lowest BCUT2D eigenvalue weighted by molar-refractivity contribution is -0.141. The van der Waals surface area contributed by atoms with Crippen LogP contribution in [0.4, 0.5) is 0 Å². The molecule has 0 bridgehead atoms. The van der Waals surface area contributed by atoms with Crippen LogP contribution in [-0.2, 0) is 4.79 Å². The second-order valence-corrected chi connectivity index (χ2v) is 6.75. The quantitative estimate of drug-likeness (QED) is 0.846. The molecule has 0 unspecified atom stereocenters. The lowest BCUT2D eigenvalue weighted by atomic mass is 9.94. The molecule has 0 aromatic rings. The van der Waals surface area contributed by atoms with Crippen molar-refractivity contribution in [1.82, 2.24) is 9.80 Å². The highest BCUT2D eigenvalue weighted by atomic mass is 16.3. The number of hydrogen-bond donors (Lipinski definition) is 1. The summed E-state index contributed by atoms with van der Waals surface area (Å²) in [5.74, 6) is 0.230. The van der Waals surface area contributed by atoms with Gasteiger partial charge in [-0.15, -0.1) is 0 Å². The minimum atomic E-state index is -0.573. The van der Waals surface area contributed by atoms with Gasteiger partial charge in [0.15, 0.2) is 0 Å². The molecule has 1 saturated heterocycles. The van der Waals surface area contributed by atoms with Crippen molar-refractivity contribution >= 4 is 5.91 Å². The molecule has 4 nitrogen and oxygen atoms in total. The summed E-state index contributed by atoms with van der Waals surface area (Å²) in [4.78, 5) is 16.4. The van der Waals surface area contributed by atoms with Gasteiger partial charge in [0.2, 0.25) is 5.91 Å². The molecule has 1 aliphatic rings. The van der Waals surface area contributed by atoms with Crippen molar-refractivity contribution < 1.29 is 9.90 Å². The predicted molar refractivity (Wildman–Crippen MR) is 78.0 cm³/mol. The van der Waals surface area contributed by atoms with Gasteiger partial charge in [-0.3, -0.25) is 9.69 Å². The van der Waals surface area contributed by atoms with Crippen LogP contribution >= 0.6 is 0 Å². The zero-order valence-electron chi connectivity index (χ0n) is 13.2. The fourth-order valence-electron chi connectivity index (χ4n) is 2.47. The van der Waals surface area contributed by atoms with E-state index in [0.717, 1.165) is 45.6 Å². The Kier molecular flexibility index (Phi) is 5.39. The van der Waals surface area contributed by atoms with Crippen LogP contribution in [0, 0.1) is 5.41 Å². The van der Waals surface area contributed by atoms with Gasteiger partial charge < -0.3 is 10.0 Å². The summed E-state index contributed by atoms with van der Waals surface area (Å²) in [7, 11) is 0. The van der Waals surface area contributed by atoms with Crippen molar-refractivity contribution in [1.29, 1.82) is 0 Å². The number of rotatable bonds is 4. The van der Waals surface area contributed by atoms with E-state index in [2.05, 4.69) is 4.90 Å². The minimum Gasteiger partial charge on any atom is -0.389 e. The van der Waals surface area contributed by atoms with Gasteiger partial charge in [-0.2, -0.15) is 0 Å². The van der Waals surface area contributed by atoms with Crippen LogP contribution in [0.25, 0.3) is 0 Å². The van der Waals surface area contributed by atoms with E-state index in [1.807, 2.05) is 39.5 Å². The lowest BCUT2D eigenvalue weighted by Crippen LogP contribution is -2.54. The maximum Gasteiger partial charge on any atom is 0.228 e. The Hall–Kier alpha value is -0.610. The summed E-state index contributed by atoms with van der Waals surface area (Å²) >= 11 is 0. The van der Waals surface area contributed by atoms with Gasteiger partial charge in [0.05, 0.1) is 5.60 Å². The summed E-state index contributed by atoms with van der Waals surface area (Å²) in [6.45, 7) is 14.0. The van der Waals surface area contributed by atoms with Crippen LogP contribution in [0.15, 0.2) is 0 Å². The molecule has 19 heavy (non-hydrogen) atoms. The second-order valence-electron chi connectivity index (χ2n) is 6.75. The fourth-order valence-corrected chi connectivity index (χ4v) is 2.47. The number of hydrogen-bond acceptors (Lipinski definition) is 3. The Morgan fingerprint density at radius 1 is 1.05 bits per heavy atom. The van der Waals surface area contributed by atoms with Crippen molar-refractivity contribution in [3.63, 3.8) is 0 Å². The number of carbonyl (C=O) groups excluding carboxylic acids is 1. The van der Waals surface area contributed by atoms with Crippen LogP contribution in [0.1, 0.15) is 47.5 Å². The van der Waals surface area contributed by atoms with Gasteiger partial charge in [0.25, 0.3) is 0 Å². The average molecular weight is 270 g/mol. The van der Waals surface area contributed by atoms with Gasteiger partial charge in [-0.1, -0.05) is 34.6 Å². The Balaban J connectivity index is 2.48. The highest BCUT2D eigenvalue weighted by molar-refractivity contribution is 5.81. The second kappa shape index (κ2) is 6.23. The van der Waals surface area contributed by atoms with Crippen LogP contribution in [0.5, 0.6) is 0 Å². The van der Waals surface area contributed by atoms with Crippen molar-refractivity contribution in [2.75, 3.05) is 32.7 Å². The summed E-state index contributed by atoms with van der Waals surface area (Å²) < 4.78 is 0. The smallest absolute Gasteiger partial charge is 0.228 e. The predicted octanol–water partition coefficient (Wildman–Crippen LogP) is 1.73. The number of nitrogens with zero attached hydrogens (tertiary/aromatic N) is 2. The maximum atomic E-state index is 12.2. The molecule has 1 aliphatic heterocycles. The monoisotopic (exact) mass is 270 g/mol. The maximum absolute atomic E-state index is 12.2. The molecular formula is C15H30N2O2. The van der Waals surface area contributed by atoms with Gasteiger partial charge in [-0.25, -0.2) is 0 Å². The van der Waals surface area contributed by atoms with Crippen LogP contribution < -0.4 is 0 Å². The van der Waals surface area contributed by atoms with E-state index in [-0.39, 0.29) is 11.3 Å². The molecular weight excluding hydrogens is 240 g/mol. The number of carbonyl (C=O) groups is 1. The Morgan fingerprint density at radius 3 is 1.89 bits per heavy atom. The molecule has 0 aliphatic carbocycles. The molecule has 0 spiro atoms. The van der Waals surface area contributed by atoms with E-state index >= 15 is 0 Å². The molecule has 0 radical (unpaired) electrons. The summed E-state index contributed by atoms with van der Waals surface area (Å²) in [6, 6.07) is 0. The van der Waals surface area contributed by atoms with Gasteiger partial charge in [-0.05, 0) is 12.8 Å². The van der Waals surface area contributed by atoms with E-state index in [1.165, 1.54) is 0 Å². The van der Waals surface area contributed by atoms with E-state index in [4.69, 9.17) is 0 Å². The number of amides is 1. The third kappa shape index (κ3) is 4.46. The van der Waals surface area contributed by atoms with Gasteiger partial charge in [0, 0.05) is 38.1 Å². The highest BCUT2D eigenvalue weighted by Gasteiger charge is 2.32. The van der Waals surface area contributed by atoms with Crippen molar-refractivity contribution in [3.05, 3.63) is 0 Å². The molecule has 1 rings (SSSR count). The van der Waals surface area contributed by atoms with Gasteiger partial charge in [0.1, 0.15) is 0 Å². The topological polar surface area (TPSA) is 43.8 Å². The highest BCUT2D eigenvalue weighted by Crippen LogP contribution is 2.21. The first-order valence-electron chi connectivity index (χ1n) is 7.46. The molecule has 0 saturated carbocycles. The lowest BCUT2D eigenvalue weighted by Gasteiger charge is -2.40. The number of piperazine rings is 1. The zero-order chi connectivity index (χ0) is 14.7. The third-order valence-electron chi connectivity index (χ3n) is 4.14. The fraction of sp³-hybridized carbons (Fsp3) is 0.933. The molecule has 0 aromatic heterocycles. The van der Waals surface area contributed by atoms with E-state index in [1.54, 1.807) is 0 Å². The molecule has 4 heteroatoms. The van der Waals surface area contributed by atoms with Gasteiger partial charge >= 0.3 is 0 Å². The Morgan fingerprint density at radius 2 is 1.53 bits per heavy atom. The molecule has 1 fully saturated rings. The minimum absolute atomic E-state index is 0.230. The van der Waals surface area contributed by atoms with Crippen molar-refractivity contribution in [2.45, 2.75) is 53.1 Å². The standard InChI is InChI=1S/C15H30N2O2/c1-6-15(19,7-2)12-16-8-10-17(11-9-16)13(18)14(3,4)5/h19H,6-12H2,1-5H3. The molecule has 112 valence electrons. The van der Waals surface area contributed by atoms with Crippen molar-refractivity contribution in [3.8, 4) is 0 Å². The molecule has 1 heterocycles. The Bertz CT molecular complexity index is 298. The SMILES string of the molecule is CCC(O)(CC)CN1CCN(C(=O)C(C)(C)C)CC1. The zero-order valence-corrected chi connectivity index (χ0v) is 13.2.